The molecule has 220 valence electrons. The molecule has 6 rings (SSSR count). The van der Waals surface area contributed by atoms with Crippen molar-refractivity contribution in [3.8, 4) is 11.5 Å². The average molecular weight is 608 g/mol. The highest BCUT2D eigenvalue weighted by Crippen LogP contribution is 2.40. The number of aromatic amines is 1. The SMILES string of the molecule is CCN1CCN(CCCOc2ccc(C3c4[nH]c5ccc(Cl)cc5c4CCN3C(=O)Oc3ccc(Cl)cc3)cc2)CC1. The van der Waals surface area contributed by atoms with Gasteiger partial charge in [0.25, 0.3) is 0 Å². The van der Waals surface area contributed by atoms with Crippen LogP contribution >= 0.6 is 23.2 Å². The van der Waals surface area contributed by atoms with Gasteiger partial charge >= 0.3 is 6.09 Å². The van der Waals surface area contributed by atoms with Gasteiger partial charge in [0.15, 0.2) is 0 Å². The summed E-state index contributed by atoms with van der Waals surface area (Å²) in [6.45, 7) is 10.1. The quantitative estimate of drug-likeness (QED) is 0.218. The molecule has 7 nitrogen and oxygen atoms in total. The normalized spacial score (nSPS) is 17.8. The molecule has 1 unspecified atom stereocenters. The summed E-state index contributed by atoms with van der Waals surface area (Å²) in [7, 11) is 0. The molecule has 2 aliphatic heterocycles. The van der Waals surface area contributed by atoms with Crippen molar-refractivity contribution >= 4 is 40.2 Å². The van der Waals surface area contributed by atoms with Crippen molar-refractivity contribution in [3.63, 3.8) is 0 Å². The van der Waals surface area contributed by atoms with E-state index in [0.717, 1.165) is 73.6 Å². The van der Waals surface area contributed by atoms with Gasteiger partial charge in [-0.3, -0.25) is 4.90 Å². The van der Waals surface area contributed by atoms with E-state index in [-0.39, 0.29) is 6.04 Å². The molecule has 0 saturated carbocycles. The van der Waals surface area contributed by atoms with E-state index in [4.69, 9.17) is 32.7 Å². The Morgan fingerprint density at radius 2 is 1.57 bits per heavy atom. The van der Waals surface area contributed by atoms with Crippen LogP contribution in [0.15, 0.2) is 66.7 Å². The zero-order valence-corrected chi connectivity index (χ0v) is 25.3. The van der Waals surface area contributed by atoms with E-state index in [1.807, 2.05) is 42.5 Å². The summed E-state index contributed by atoms with van der Waals surface area (Å²) < 4.78 is 11.9. The lowest BCUT2D eigenvalue weighted by atomic mass is 9.92. The van der Waals surface area contributed by atoms with Gasteiger partial charge in [-0.1, -0.05) is 42.3 Å². The molecule has 0 bridgehead atoms. The third-order valence-electron chi connectivity index (χ3n) is 8.34. The summed E-state index contributed by atoms with van der Waals surface area (Å²) in [5, 5.41) is 2.36. The van der Waals surface area contributed by atoms with E-state index in [0.29, 0.717) is 35.4 Å². The Bertz CT molecular complexity index is 1520. The maximum atomic E-state index is 13.5. The zero-order valence-electron chi connectivity index (χ0n) is 23.8. The lowest BCUT2D eigenvalue weighted by Crippen LogP contribution is -2.46. The van der Waals surface area contributed by atoms with Crippen molar-refractivity contribution in [1.82, 2.24) is 19.7 Å². The summed E-state index contributed by atoms with van der Waals surface area (Å²) in [5.41, 5.74) is 4.12. The van der Waals surface area contributed by atoms with Crippen molar-refractivity contribution in [2.45, 2.75) is 25.8 Å². The summed E-state index contributed by atoms with van der Waals surface area (Å²) in [6, 6.07) is 20.4. The fourth-order valence-corrected chi connectivity index (χ4v) is 6.32. The summed E-state index contributed by atoms with van der Waals surface area (Å²) in [6.07, 6.45) is 1.27. The second kappa shape index (κ2) is 13.0. The molecule has 2 aliphatic rings. The number of piperazine rings is 1. The second-order valence-electron chi connectivity index (χ2n) is 10.9. The summed E-state index contributed by atoms with van der Waals surface area (Å²) in [4.78, 5) is 23.9. The highest BCUT2D eigenvalue weighted by Gasteiger charge is 2.35. The summed E-state index contributed by atoms with van der Waals surface area (Å²) in [5.74, 6) is 1.28. The first-order valence-electron chi connectivity index (χ1n) is 14.7. The molecule has 0 radical (unpaired) electrons. The largest absolute Gasteiger partial charge is 0.494 e. The van der Waals surface area contributed by atoms with Gasteiger partial charge in [0.1, 0.15) is 17.5 Å². The number of nitrogens with one attached hydrogen (secondary N) is 1. The van der Waals surface area contributed by atoms with Crippen LogP contribution in [0.25, 0.3) is 10.9 Å². The third-order valence-corrected chi connectivity index (χ3v) is 8.82. The molecule has 4 aromatic rings. The van der Waals surface area contributed by atoms with Crippen LogP contribution in [0, 0.1) is 0 Å². The van der Waals surface area contributed by atoms with Crippen LogP contribution in [0.4, 0.5) is 4.79 Å². The van der Waals surface area contributed by atoms with E-state index in [1.54, 1.807) is 29.2 Å². The van der Waals surface area contributed by atoms with Gasteiger partial charge in [0, 0.05) is 65.9 Å². The number of benzene rings is 3. The molecular formula is C33H36Cl2N4O3. The number of likely N-dealkylation sites (N-methyl/N-ethyl adjacent to an activating group) is 1. The van der Waals surface area contributed by atoms with Gasteiger partial charge in [-0.05, 0) is 85.1 Å². The van der Waals surface area contributed by atoms with Crippen LogP contribution in [0.3, 0.4) is 0 Å². The zero-order chi connectivity index (χ0) is 29.1. The topological polar surface area (TPSA) is 61.0 Å². The van der Waals surface area contributed by atoms with Gasteiger partial charge in [0.2, 0.25) is 0 Å². The molecule has 1 aromatic heterocycles. The molecule has 0 spiro atoms. The fraction of sp³-hybridized carbons (Fsp3) is 0.364. The molecular weight excluding hydrogens is 571 g/mol. The van der Waals surface area contributed by atoms with E-state index >= 15 is 0 Å². The number of ether oxygens (including phenoxy) is 2. The molecule has 0 aliphatic carbocycles. The lowest BCUT2D eigenvalue weighted by molar-refractivity contribution is 0.130. The minimum absolute atomic E-state index is 0.351. The number of halogens is 2. The Morgan fingerprint density at radius 3 is 2.31 bits per heavy atom. The smallest absolute Gasteiger partial charge is 0.416 e. The average Bonchev–Trinajstić information content (AvgIpc) is 3.38. The highest BCUT2D eigenvalue weighted by atomic mass is 35.5. The van der Waals surface area contributed by atoms with Crippen molar-refractivity contribution in [2.75, 3.05) is 52.4 Å². The number of hydrogen-bond donors (Lipinski definition) is 1. The lowest BCUT2D eigenvalue weighted by Gasteiger charge is -2.35. The number of aromatic nitrogens is 1. The van der Waals surface area contributed by atoms with Crippen LogP contribution in [-0.2, 0) is 6.42 Å². The minimum atomic E-state index is -0.412. The number of fused-ring (bicyclic) bond motifs is 3. The van der Waals surface area contributed by atoms with Crippen LogP contribution in [0.1, 0.15) is 36.2 Å². The van der Waals surface area contributed by atoms with Gasteiger partial charge in [-0.15, -0.1) is 0 Å². The number of carbonyl (C=O) groups excluding carboxylic acids is 1. The number of nitrogens with zero attached hydrogens (tertiary/aromatic N) is 3. The Kier molecular flexibility index (Phi) is 8.91. The molecule has 1 amide bonds. The molecule has 1 N–H and O–H groups in total. The van der Waals surface area contributed by atoms with E-state index in [2.05, 4.69) is 21.7 Å². The number of H-pyrrole nitrogens is 1. The first-order chi connectivity index (χ1) is 20.5. The minimum Gasteiger partial charge on any atom is -0.494 e. The van der Waals surface area contributed by atoms with Crippen molar-refractivity contribution < 1.29 is 14.3 Å². The molecule has 42 heavy (non-hydrogen) atoms. The summed E-state index contributed by atoms with van der Waals surface area (Å²) >= 11 is 12.4. The maximum absolute atomic E-state index is 13.5. The molecule has 1 fully saturated rings. The highest BCUT2D eigenvalue weighted by molar-refractivity contribution is 6.31. The number of carbonyl (C=O) groups is 1. The number of amides is 1. The van der Waals surface area contributed by atoms with Crippen LogP contribution in [0.5, 0.6) is 11.5 Å². The Balaban J connectivity index is 1.18. The number of rotatable bonds is 8. The van der Waals surface area contributed by atoms with Crippen molar-refractivity contribution in [2.24, 2.45) is 0 Å². The van der Waals surface area contributed by atoms with Gasteiger partial charge < -0.3 is 24.3 Å². The molecule has 3 aromatic carbocycles. The van der Waals surface area contributed by atoms with E-state index in [9.17, 15) is 4.79 Å². The Labute approximate surface area is 256 Å². The molecule has 9 heteroatoms. The van der Waals surface area contributed by atoms with Gasteiger partial charge in [0.05, 0.1) is 6.61 Å². The monoisotopic (exact) mass is 606 g/mol. The fourth-order valence-electron chi connectivity index (χ4n) is 6.02. The number of hydrogen-bond acceptors (Lipinski definition) is 5. The standard InChI is InChI=1S/C33H36Cl2N4O3/c1-2-37-17-19-38(20-18-37)15-3-21-41-26-9-4-23(5-10-26)32-31-28(29-22-25(35)8-13-30(29)36-31)14-16-39(32)33(40)42-27-11-6-24(34)7-12-27/h4-13,22,32,36H,2-3,14-21H2,1H3. The van der Waals surface area contributed by atoms with Crippen LogP contribution < -0.4 is 9.47 Å². The van der Waals surface area contributed by atoms with E-state index in [1.165, 1.54) is 5.56 Å². The Hall–Kier alpha value is -3.23. The van der Waals surface area contributed by atoms with E-state index < -0.39 is 6.09 Å². The third kappa shape index (κ3) is 6.40. The van der Waals surface area contributed by atoms with Gasteiger partial charge in [-0.25, -0.2) is 4.79 Å². The predicted octanol–water partition coefficient (Wildman–Crippen LogP) is 7.03. The van der Waals surface area contributed by atoms with Crippen molar-refractivity contribution in [1.29, 1.82) is 0 Å². The first-order valence-corrected chi connectivity index (χ1v) is 15.5. The van der Waals surface area contributed by atoms with Crippen molar-refractivity contribution in [3.05, 3.63) is 93.6 Å². The maximum Gasteiger partial charge on any atom is 0.416 e. The van der Waals surface area contributed by atoms with Crippen LogP contribution in [-0.4, -0.2) is 78.2 Å². The Morgan fingerprint density at radius 1 is 0.881 bits per heavy atom. The molecule has 3 heterocycles. The molecule has 1 atom stereocenters. The molecule has 1 saturated heterocycles. The second-order valence-corrected chi connectivity index (χ2v) is 11.8. The van der Waals surface area contributed by atoms with Crippen LogP contribution in [0.2, 0.25) is 10.0 Å². The first kappa shape index (κ1) is 28.9. The predicted molar refractivity (Wildman–Crippen MR) is 168 cm³/mol. The van der Waals surface area contributed by atoms with Gasteiger partial charge in [-0.2, -0.15) is 0 Å².